The molecule has 2 aromatic rings. The van der Waals surface area contributed by atoms with Crippen LogP contribution in [-0.2, 0) is 9.59 Å². The van der Waals surface area contributed by atoms with Crippen molar-refractivity contribution in [1.29, 1.82) is 0 Å². The van der Waals surface area contributed by atoms with Gasteiger partial charge in [0.05, 0.1) is 6.20 Å². The van der Waals surface area contributed by atoms with Crippen molar-refractivity contribution >= 4 is 23.2 Å². The minimum Gasteiger partial charge on any atom is -0.485 e. The molecule has 0 aliphatic carbocycles. The molecule has 2 aromatic heterocycles. The van der Waals surface area contributed by atoms with E-state index >= 15 is 0 Å². The molecule has 4 heterocycles. The van der Waals surface area contributed by atoms with Crippen LogP contribution < -0.4 is 14.8 Å². The second-order valence-electron chi connectivity index (χ2n) is 5.01. The first-order chi connectivity index (χ1) is 10.7. The molecule has 2 aliphatic rings. The fourth-order valence-electron chi connectivity index (χ4n) is 2.51. The summed E-state index contributed by atoms with van der Waals surface area (Å²) in [7, 11) is 0. The molecule has 0 aromatic carbocycles. The number of carbonyl (C=O) groups excluding carboxylic acids is 2. The number of piperidine rings is 1. The van der Waals surface area contributed by atoms with E-state index in [1.807, 2.05) is 5.38 Å². The van der Waals surface area contributed by atoms with Gasteiger partial charge in [-0.3, -0.25) is 14.9 Å². The molecule has 1 N–H and O–H groups in total. The monoisotopic (exact) mass is 320 g/mol. The van der Waals surface area contributed by atoms with Gasteiger partial charge in [-0.15, -0.1) is 16.4 Å². The van der Waals surface area contributed by atoms with E-state index in [0.717, 1.165) is 4.88 Å². The Kier molecular flexibility index (Phi) is 3.07. The minimum atomic E-state index is -0.507. The van der Waals surface area contributed by atoms with E-state index in [0.29, 0.717) is 43.2 Å². The lowest BCUT2D eigenvalue weighted by Crippen LogP contribution is -2.41. The number of rotatable bonds is 2. The molecule has 8 nitrogen and oxygen atoms in total. The summed E-state index contributed by atoms with van der Waals surface area (Å²) < 4.78 is 12.6. The lowest BCUT2D eigenvalue weighted by atomic mass is 10.1. The molecule has 2 amide bonds. The molecular formula is C13H12N4O4S. The van der Waals surface area contributed by atoms with Crippen LogP contribution in [0.5, 0.6) is 11.5 Å². The van der Waals surface area contributed by atoms with Crippen molar-refractivity contribution in [1.82, 2.24) is 20.3 Å². The van der Waals surface area contributed by atoms with Crippen LogP contribution in [0.2, 0.25) is 0 Å². The van der Waals surface area contributed by atoms with Crippen LogP contribution in [0.4, 0.5) is 0 Å². The van der Waals surface area contributed by atoms with Crippen LogP contribution >= 0.6 is 11.3 Å². The van der Waals surface area contributed by atoms with Gasteiger partial charge in [-0.25, -0.2) is 4.68 Å². The van der Waals surface area contributed by atoms with Gasteiger partial charge in [0.15, 0.2) is 11.5 Å². The zero-order valence-electron chi connectivity index (χ0n) is 11.4. The van der Waals surface area contributed by atoms with Crippen LogP contribution in [0.25, 0.3) is 10.6 Å². The van der Waals surface area contributed by atoms with E-state index in [1.165, 1.54) is 16.0 Å². The van der Waals surface area contributed by atoms with Crippen molar-refractivity contribution < 1.29 is 19.1 Å². The summed E-state index contributed by atoms with van der Waals surface area (Å²) in [5, 5.41) is 12.3. The van der Waals surface area contributed by atoms with E-state index in [9.17, 15) is 9.59 Å². The summed E-state index contributed by atoms with van der Waals surface area (Å²) in [5.41, 5.74) is 0.626. The number of ether oxygens (including phenoxy) is 2. The van der Waals surface area contributed by atoms with Gasteiger partial charge in [-0.1, -0.05) is 5.21 Å². The largest absolute Gasteiger partial charge is 0.485 e. The number of nitrogens with one attached hydrogen (secondary N) is 1. The Morgan fingerprint density at radius 2 is 2.18 bits per heavy atom. The van der Waals surface area contributed by atoms with Gasteiger partial charge in [0, 0.05) is 11.8 Å². The van der Waals surface area contributed by atoms with E-state index in [4.69, 9.17) is 9.47 Å². The molecule has 0 spiro atoms. The number of aromatic nitrogens is 3. The molecular weight excluding hydrogens is 308 g/mol. The summed E-state index contributed by atoms with van der Waals surface area (Å²) in [6.45, 7) is 1.03. The van der Waals surface area contributed by atoms with Gasteiger partial charge in [0.1, 0.15) is 29.8 Å². The summed E-state index contributed by atoms with van der Waals surface area (Å²) >= 11 is 1.46. The molecule has 22 heavy (non-hydrogen) atoms. The topological polar surface area (TPSA) is 95.3 Å². The molecule has 1 unspecified atom stereocenters. The highest BCUT2D eigenvalue weighted by Gasteiger charge is 2.30. The summed E-state index contributed by atoms with van der Waals surface area (Å²) in [4.78, 5) is 23.9. The van der Waals surface area contributed by atoms with Gasteiger partial charge in [0.2, 0.25) is 5.91 Å². The normalized spacial score (nSPS) is 20.8. The number of hydrogen-bond acceptors (Lipinski definition) is 7. The molecule has 0 saturated carbocycles. The van der Waals surface area contributed by atoms with Gasteiger partial charge in [0.25, 0.3) is 5.91 Å². The van der Waals surface area contributed by atoms with Crippen molar-refractivity contribution in [3.8, 4) is 22.1 Å². The molecule has 2 aliphatic heterocycles. The Morgan fingerprint density at radius 1 is 1.32 bits per heavy atom. The maximum atomic E-state index is 11.9. The van der Waals surface area contributed by atoms with Crippen LogP contribution in [0.1, 0.15) is 18.9 Å². The van der Waals surface area contributed by atoms with Gasteiger partial charge in [-0.2, -0.15) is 0 Å². The fraction of sp³-hybridized carbons (Fsp3) is 0.385. The van der Waals surface area contributed by atoms with Crippen molar-refractivity contribution in [2.75, 3.05) is 13.2 Å². The molecule has 0 radical (unpaired) electrons. The predicted molar refractivity (Wildman–Crippen MR) is 75.7 cm³/mol. The molecule has 1 fully saturated rings. The molecule has 114 valence electrons. The SMILES string of the molecule is O=C1CCC(n2cc(-c3scc4c3OCCO4)nn2)C(=O)N1. The second-order valence-corrected chi connectivity index (χ2v) is 5.89. The quantitative estimate of drug-likeness (QED) is 0.821. The predicted octanol–water partition coefficient (Wildman–Crippen LogP) is 0.755. The lowest BCUT2D eigenvalue weighted by Gasteiger charge is -2.20. The number of thiophene rings is 1. The molecule has 1 saturated heterocycles. The van der Waals surface area contributed by atoms with Crippen molar-refractivity contribution in [2.45, 2.75) is 18.9 Å². The summed E-state index contributed by atoms with van der Waals surface area (Å²) in [6.07, 6.45) is 2.43. The third kappa shape index (κ3) is 2.13. The van der Waals surface area contributed by atoms with Crippen molar-refractivity contribution in [3.05, 3.63) is 11.6 Å². The van der Waals surface area contributed by atoms with E-state index in [1.54, 1.807) is 6.20 Å². The standard InChI is InChI=1S/C13H12N4O4S/c18-10-2-1-8(13(19)14-10)17-5-7(15-16-17)12-11-9(6-22-12)20-3-4-21-11/h5-6,8H,1-4H2,(H,14,18,19). The molecule has 4 rings (SSSR count). The Morgan fingerprint density at radius 3 is 3.05 bits per heavy atom. The Bertz CT molecular complexity index is 753. The van der Waals surface area contributed by atoms with Crippen LogP contribution in [0.15, 0.2) is 11.6 Å². The number of amides is 2. The highest BCUT2D eigenvalue weighted by atomic mass is 32.1. The second kappa shape index (κ2) is 5.09. The summed E-state index contributed by atoms with van der Waals surface area (Å²) in [5.74, 6) is 0.785. The fourth-order valence-corrected chi connectivity index (χ4v) is 3.39. The number of imide groups is 1. The highest BCUT2D eigenvalue weighted by molar-refractivity contribution is 7.14. The van der Waals surface area contributed by atoms with E-state index in [2.05, 4.69) is 15.6 Å². The average Bonchev–Trinajstić information content (AvgIpc) is 3.13. The number of hydrogen-bond donors (Lipinski definition) is 1. The minimum absolute atomic E-state index is 0.250. The Labute approximate surface area is 129 Å². The molecule has 9 heteroatoms. The zero-order valence-corrected chi connectivity index (χ0v) is 12.3. The number of fused-ring (bicyclic) bond motifs is 1. The lowest BCUT2D eigenvalue weighted by molar-refractivity contribution is -0.136. The maximum Gasteiger partial charge on any atom is 0.251 e. The van der Waals surface area contributed by atoms with Crippen LogP contribution in [-0.4, -0.2) is 40.0 Å². The maximum absolute atomic E-state index is 11.9. The van der Waals surface area contributed by atoms with Gasteiger partial charge in [-0.05, 0) is 6.42 Å². The third-order valence-electron chi connectivity index (χ3n) is 3.57. The zero-order chi connectivity index (χ0) is 15.1. The smallest absolute Gasteiger partial charge is 0.251 e. The van der Waals surface area contributed by atoms with Gasteiger partial charge < -0.3 is 9.47 Å². The molecule has 1 atom stereocenters. The summed E-state index contributed by atoms with van der Waals surface area (Å²) in [6, 6.07) is -0.507. The average molecular weight is 320 g/mol. The van der Waals surface area contributed by atoms with Crippen molar-refractivity contribution in [3.63, 3.8) is 0 Å². The third-order valence-corrected chi connectivity index (χ3v) is 4.54. The number of carbonyl (C=O) groups is 2. The van der Waals surface area contributed by atoms with Crippen molar-refractivity contribution in [2.24, 2.45) is 0 Å². The molecule has 0 bridgehead atoms. The van der Waals surface area contributed by atoms with Gasteiger partial charge >= 0.3 is 0 Å². The highest BCUT2D eigenvalue weighted by Crippen LogP contribution is 2.44. The van der Waals surface area contributed by atoms with Crippen LogP contribution in [0, 0.1) is 0 Å². The Balaban J connectivity index is 1.63. The first-order valence-corrected chi connectivity index (χ1v) is 7.73. The van der Waals surface area contributed by atoms with E-state index in [-0.39, 0.29) is 11.8 Å². The first-order valence-electron chi connectivity index (χ1n) is 6.85. The first kappa shape index (κ1) is 13.3. The Hall–Kier alpha value is -2.42. The van der Waals surface area contributed by atoms with E-state index < -0.39 is 6.04 Å². The number of nitrogens with zero attached hydrogens (tertiary/aromatic N) is 3. The van der Waals surface area contributed by atoms with Crippen LogP contribution in [0.3, 0.4) is 0 Å².